The van der Waals surface area contributed by atoms with Crippen LogP contribution >= 0.6 is 0 Å². The highest BCUT2D eigenvalue weighted by molar-refractivity contribution is 5.80. The average Bonchev–Trinajstić information content (AvgIpc) is 3.23. The third-order valence-corrected chi connectivity index (χ3v) is 11.8. The largest absolute Gasteiger partial charge is 0.390 e. The lowest BCUT2D eigenvalue weighted by atomic mass is 9.45. The molecule has 0 aromatic carbocycles. The Hall–Kier alpha value is -0.450. The highest BCUT2D eigenvalue weighted by atomic mass is 16.5. The Balaban J connectivity index is 1.42. The summed E-state index contributed by atoms with van der Waals surface area (Å²) in [4.78, 5) is 11.7. The Morgan fingerprint density at radius 2 is 1.80 bits per heavy atom. The van der Waals surface area contributed by atoms with Gasteiger partial charge in [-0.2, -0.15) is 0 Å². The Bertz CT molecular complexity index is 722. The molecule has 0 saturated heterocycles. The maximum Gasteiger partial charge on any atom is 0.160 e. The third-order valence-electron chi connectivity index (χ3n) is 11.8. The van der Waals surface area contributed by atoms with Crippen molar-refractivity contribution in [2.75, 3.05) is 7.11 Å². The molecule has 0 aromatic rings. The Labute approximate surface area is 182 Å². The molecule has 0 aromatic heterocycles. The van der Waals surface area contributed by atoms with Crippen LogP contribution in [0, 0.1) is 51.8 Å². The second-order valence-electron chi connectivity index (χ2n) is 12.4. The van der Waals surface area contributed by atoms with Gasteiger partial charge < -0.3 is 14.9 Å². The van der Waals surface area contributed by atoms with Crippen LogP contribution in [0.2, 0.25) is 0 Å². The molecule has 170 valence electrons. The number of ketones is 1. The zero-order chi connectivity index (χ0) is 21.6. The van der Waals surface area contributed by atoms with Gasteiger partial charge in [-0.05, 0) is 105 Å². The number of hydrogen-bond acceptors (Lipinski definition) is 4. The minimum atomic E-state index is -1.25. The zero-order valence-corrected chi connectivity index (χ0v) is 19.6. The molecule has 30 heavy (non-hydrogen) atoms. The molecule has 0 unspecified atom stereocenters. The standard InChI is InChI=1S/C26H42O4/c1-14(22(28)23(29)15(2)27)18-6-7-19-17-12-21(30-5)26-13-16(26)8-11-25(26,4)20(17)9-10-24(18,19)3/h14,16-23,28-29H,6-13H2,1-5H3/t14-,16+,17-,18+,19-,20-,21+,22+,23-,24+,25+,26-/m0/s1. The molecule has 4 heteroatoms. The topological polar surface area (TPSA) is 66.8 Å². The normalized spacial score (nSPS) is 54.4. The van der Waals surface area contributed by atoms with Crippen LogP contribution in [0.3, 0.4) is 0 Å². The van der Waals surface area contributed by atoms with Gasteiger partial charge in [0.1, 0.15) is 6.10 Å². The number of fused-ring (bicyclic) bond motifs is 4. The first-order valence-electron chi connectivity index (χ1n) is 12.5. The number of Topliss-reactive ketones (excluding diaryl/α,β-unsaturated/α-hetero) is 1. The SMILES string of the molecule is CO[C@@H]1C[C@H]2[C@@H]3CC[C@H]([C@H](C)[C@@H](O)[C@@H](O)C(C)=O)[C@@]3(C)CC[C@@H]2[C@@]2(C)CC[C@@H]3C[C@]312. The van der Waals surface area contributed by atoms with Gasteiger partial charge in [-0.25, -0.2) is 0 Å². The Morgan fingerprint density at radius 3 is 2.43 bits per heavy atom. The third kappa shape index (κ3) is 2.48. The molecule has 0 aliphatic heterocycles. The Morgan fingerprint density at radius 1 is 1.07 bits per heavy atom. The van der Waals surface area contributed by atoms with E-state index in [1.807, 2.05) is 7.11 Å². The van der Waals surface area contributed by atoms with Crippen LogP contribution < -0.4 is 0 Å². The lowest BCUT2D eigenvalue weighted by Crippen LogP contribution is -2.57. The van der Waals surface area contributed by atoms with Crippen molar-refractivity contribution in [3.05, 3.63) is 0 Å². The summed E-state index contributed by atoms with van der Waals surface area (Å²) in [6, 6.07) is 0. The fourth-order valence-electron chi connectivity index (χ4n) is 10.2. The predicted molar refractivity (Wildman–Crippen MR) is 116 cm³/mol. The van der Waals surface area contributed by atoms with Crippen LogP contribution in [0.15, 0.2) is 0 Å². The molecule has 5 aliphatic rings. The quantitative estimate of drug-likeness (QED) is 0.702. The predicted octanol–water partition coefficient (Wildman–Crippen LogP) is 4.22. The van der Waals surface area contributed by atoms with E-state index in [-0.39, 0.29) is 17.1 Å². The van der Waals surface area contributed by atoms with E-state index in [0.29, 0.717) is 28.8 Å². The van der Waals surface area contributed by atoms with Crippen molar-refractivity contribution in [3.8, 4) is 0 Å². The maximum absolute atomic E-state index is 11.7. The van der Waals surface area contributed by atoms with Crippen molar-refractivity contribution in [2.24, 2.45) is 51.8 Å². The van der Waals surface area contributed by atoms with Crippen LogP contribution in [0.4, 0.5) is 0 Å². The molecule has 0 heterocycles. The van der Waals surface area contributed by atoms with Crippen LogP contribution in [0.5, 0.6) is 0 Å². The molecule has 5 aliphatic carbocycles. The summed E-state index contributed by atoms with van der Waals surface area (Å²) in [5.41, 5.74) is 1.10. The number of carbonyl (C=O) groups is 1. The van der Waals surface area contributed by atoms with Gasteiger partial charge in [0.15, 0.2) is 5.78 Å². The molecule has 2 N–H and O–H groups in total. The van der Waals surface area contributed by atoms with Crippen LogP contribution in [-0.4, -0.2) is 41.4 Å². The highest BCUT2D eigenvalue weighted by Crippen LogP contribution is 2.82. The van der Waals surface area contributed by atoms with Crippen LogP contribution in [-0.2, 0) is 9.53 Å². The van der Waals surface area contributed by atoms with Crippen molar-refractivity contribution in [3.63, 3.8) is 0 Å². The highest BCUT2D eigenvalue weighted by Gasteiger charge is 2.77. The Kier molecular flexibility index (Phi) is 4.83. The molecule has 4 nitrogen and oxygen atoms in total. The summed E-state index contributed by atoms with van der Waals surface area (Å²) >= 11 is 0. The average molecular weight is 419 g/mol. The minimum absolute atomic E-state index is 0.0570. The first kappa shape index (κ1) is 21.4. The molecular weight excluding hydrogens is 376 g/mol. The van der Waals surface area contributed by atoms with Crippen molar-refractivity contribution in [2.45, 2.75) is 97.4 Å². The van der Waals surface area contributed by atoms with Gasteiger partial charge in [0.05, 0.1) is 12.2 Å². The summed E-state index contributed by atoms with van der Waals surface area (Å²) in [6.45, 7) is 8.49. The molecule has 5 saturated carbocycles. The minimum Gasteiger partial charge on any atom is -0.390 e. The van der Waals surface area contributed by atoms with Gasteiger partial charge >= 0.3 is 0 Å². The van der Waals surface area contributed by atoms with E-state index < -0.39 is 12.2 Å². The number of rotatable bonds is 5. The van der Waals surface area contributed by atoms with Crippen molar-refractivity contribution in [1.82, 2.24) is 0 Å². The number of aliphatic hydroxyl groups excluding tert-OH is 2. The van der Waals surface area contributed by atoms with E-state index in [1.165, 1.54) is 51.9 Å². The van der Waals surface area contributed by atoms with Crippen molar-refractivity contribution < 1.29 is 19.7 Å². The van der Waals surface area contributed by atoms with Crippen molar-refractivity contribution in [1.29, 1.82) is 0 Å². The first-order chi connectivity index (χ1) is 14.1. The molecule has 12 atom stereocenters. The summed E-state index contributed by atoms with van der Waals surface area (Å²) < 4.78 is 6.21. The second kappa shape index (κ2) is 6.78. The lowest BCUT2D eigenvalue weighted by molar-refractivity contribution is -0.164. The van der Waals surface area contributed by atoms with Crippen LogP contribution in [0.1, 0.15) is 79.1 Å². The monoisotopic (exact) mass is 418 g/mol. The summed E-state index contributed by atoms with van der Waals surface area (Å²) in [6.07, 6.45) is 8.45. The lowest BCUT2D eigenvalue weighted by Gasteiger charge is -2.61. The van der Waals surface area contributed by atoms with Gasteiger partial charge in [-0.1, -0.05) is 20.8 Å². The second-order valence-corrected chi connectivity index (χ2v) is 12.4. The fourth-order valence-corrected chi connectivity index (χ4v) is 10.2. The number of carbonyl (C=O) groups excluding carboxylic acids is 1. The van der Waals surface area contributed by atoms with E-state index in [4.69, 9.17) is 4.74 Å². The molecule has 1 spiro atoms. The van der Waals surface area contributed by atoms with E-state index in [0.717, 1.165) is 24.2 Å². The van der Waals surface area contributed by atoms with E-state index in [1.54, 1.807) is 0 Å². The van der Waals surface area contributed by atoms with E-state index in [9.17, 15) is 15.0 Å². The van der Waals surface area contributed by atoms with Gasteiger partial charge in [-0.3, -0.25) is 4.79 Å². The number of hydrogen-bond donors (Lipinski definition) is 2. The summed E-state index contributed by atoms with van der Waals surface area (Å²) in [5.74, 6) is 3.10. The van der Waals surface area contributed by atoms with E-state index in [2.05, 4.69) is 20.8 Å². The van der Waals surface area contributed by atoms with Crippen molar-refractivity contribution >= 4 is 5.78 Å². The zero-order valence-electron chi connectivity index (χ0n) is 19.6. The molecule has 0 amide bonds. The number of methoxy groups -OCH3 is 1. The first-order valence-corrected chi connectivity index (χ1v) is 12.5. The van der Waals surface area contributed by atoms with Gasteiger partial charge in [-0.15, -0.1) is 0 Å². The summed E-state index contributed by atoms with van der Waals surface area (Å²) in [7, 11) is 1.94. The molecule has 0 bridgehead atoms. The molecule has 0 radical (unpaired) electrons. The maximum atomic E-state index is 11.7. The van der Waals surface area contributed by atoms with Gasteiger partial charge in [0, 0.05) is 12.5 Å². The molecule has 5 fully saturated rings. The van der Waals surface area contributed by atoms with Crippen LogP contribution in [0.25, 0.3) is 0 Å². The number of aliphatic hydroxyl groups is 2. The van der Waals surface area contributed by atoms with Gasteiger partial charge in [0.2, 0.25) is 0 Å². The molecule has 5 rings (SSSR count). The van der Waals surface area contributed by atoms with E-state index >= 15 is 0 Å². The summed E-state index contributed by atoms with van der Waals surface area (Å²) in [5, 5.41) is 21.0. The van der Waals surface area contributed by atoms with Gasteiger partial charge in [0.25, 0.3) is 0 Å². The smallest absolute Gasteiger partial charge is 0.160 e. The molecular formula is C26H42O4. The number of ether oxygens (including phenoxy) is 1. The fraction of sp³-hybridized carbons (Fsp3) is 0.962.